The van der Waals surface area contributed by atoms with Gasteiger partial charge in [-0.25, -0.2) is 4.57 Å². The highest BCUT2D eigenvalue weighted by Gasteiger charge is 2.11. The zero-order valence-corrected chi connectivity index (χ0v) is 7.05. The van der Waals surface area contributed by atoms with E-state index < -0.39 is 7.76 Å². The second-order valence-electron chi connectivity index (χ2n) is 2.23. The fourth-order valence-electron chi connectivity index (χ4n) is 0.737. The van der Waals surface area contributed by atoms with Crippen LogP contribution < -0.4 is 0 Å². The first kappa shape index (κ1) is 9.14. The molecule has 0 unspecified atom stereocenters. The van der Waals surface area contributed by atoms with E-state index in [9.17, 15) is 13.0 Å². The highest BCUT2D eigenvalue weighted by atomic mass is 31.2. The van der Waals surface area contributed by atoms with Crippen molar-refractivity contribution in [1.82, 2.24) is 0 Å². The van der Waals surface area contributed by atoms with Crippen molar-refractivity contribution in [2.45, 2.75) is 0 Å². The summed E-state index contributed by atoms with van der Waals surface area (Å²) in [6.45, 7) is 0. The number of benzene rings is 1. The summed E-state index contributed by atoms with van der Waals surface area (Å²) in [5, 5.41) is 0. The Morgan fingerprint density at radius 3 is 2.25 bits per heavy atom. The number of hydrogen-bond donors (Lipinski definition) is 0. The van der Waals surface area contributed by atoms with E-state index in [2.05, 4.69) is 0 Å². The smallest absolute Gasteiger partial charge is 0.245 e. The quantitative estimate of drug-likeness (QED) is 0.645. The minimum absolute atomic E-state index is 0.447. The molecule has 0 spiro atoms. The summed E-state index contributed by atoms with van der Waals surface area (Å²) in [5.41, 5.74) is 0.619. The Morgan fingerprint density at radius 2 is 1.75 bits per heavy atom. The average Bonchev–Trinajstić information content (AvgIpc) is 2.02. The zero-order valence-electron chi connectivity index (χ0n) is 6.15. The first-order chi connectivity index (χ1) is 5.58. The summed E-state index contributed by atoms with van der Waals surface area (Å²) in [5.74, 6) is 0.447. The summed E-state index contributed by atoms with van der Waals surface area (Å²) in [4.78, 5) is 0. The Kier molecular flexibility index (Phi) is 2.77. The lowest BCUT2D eigenvalue weighted by molar-refractivity contribution is 0.506. The van der Waals surface area contributed by atoms with Gasteiger partial charge in [-0.3, -0.25) is 0 Å². The Hall–Kier alpha value is -0.950. The Morgan fingerprint density at radius 1 is 1.17 bits per heavy atom. The van der Waals surface area contributed by atoms with Gasteiger partial charge >= 0.3 is 7.76 Å². The molecule has 0 saturated heterocycles. The summed E-state index contributed by atoms with van der Waals surface area (Å²) >= 11 is 0. The van der Waals surface area contributed by atoms with E-state index in [-0.39, 0.29) is 0 Å². The molecule has 64 valence electrons. The molecule has 0 saturated carbocycles. The van der Waals surface area contributed by atoms with Gasteiger partial charge in [0.25, 0.3) is 0 Å². The number of hydrogen-bond acceptors (Lipinski definition) is 1. The average molecular weight is 188 g/mol. The Balaban J connectivity index is 2.78. The van der Waals surface area contributed by atoms with E-state index in [4.69, 9.17) is 0 Å². The summed E-state index contributed by atoms with van der Waals surface area (Å²) in [7, 11) is -5.01. The lowest BCUT2D eigenvalue weighted by Gasteiger charge is -1.90. The van der Waals surface area contributed by atoms with Crippen molar-refractivity contribution < 1.29 is 13.0 Å². The van der Waals surface area contributed by atoms with Gasteiger partial charge in [0.05, 0.1) is 0 Å². The van der Waals surface area contributed by atoms with Crippen molar-refractivity contribution in [3.63, 3.8) is 0 Å². The second kappa shape index (κ2) is 3.63. The van der Waals surface area contributed by atoms with Crippen molar-refractivity contribution >= 4 is 13.8 Å². The van der Waals surface area contributed by atoms with Crippen LogP contribution in [-0.4, -0.2) is 0 Å². The minimum Gasteiger partial charge on any atom is -0.245 e. The summed E-state index contributed by atoms with van der Waals surface area (Å²) in [6.07, 6.45) is 1.15. The van der Waals surface area contributed by atoms with Crippen LogP contribution in [-0.2, 0) is 4.57 Å². The van der Waals surface area contributed by atoms with E-state index in [1.54, 1.807) is 30.3 Å². The van der Waals surface area contributed by atoms with E-state index >= 15 is 0 Å². The molecule has 0 aliphatic rings. The lowest BCUT2D eigenvalue weighted by Crippen LogP contribution is -1.66. The number of rotatable bonds is 2. The van der Waals surface area contributed by atoms with Crippen LogP contribution in [0.3, 0.4) is 0 Å². The lowest BCUT2D eigenvalue weighted by atomic mass is 10.2. The highest BCUT2D eigenvalue weighted by Crippen LogP contribution is 2.50. The van der Waals surface area contributed by atoms with Gasteiger partial charge in [-0.15, -0.1) is 8.39 Å². The molecule has 1 nitrogen and oxygen atoms in total. The molecule has 0 aliphatic heterocycles. The highest BCUT2D eigenvalue weighted by molar-refractivity contribution is 7.56. The summed E-state index contributed by atoms with van der Waals surface area (Å²) < 4.78 is 33.7. The largest absolute Gasteiger partial charge is 0.426 e. The van der Waals surface area contributed by atoms with Crippen molar-refractivity contribution in [2.24, 2.45) is 0 Å². The van der Waals surface area contributed by atoms with E-state index in [0.29, 0.717) is 11.4 Å². The monoisotopic (exact) mass is 188 g/mol. The Labute approximate surface area is 69.3 Å². The molecule has 0 N–H and O–H groups in total. The van der Waals surface area contributed by atoms with Crippen LogP contribution in [0.4, 0.5) is 8.39 Å². The van der Waals surface area contributed by atoms with Crippen LogP contribution >= 0.6 is 7.76 Å². The predicted octanol–water partition coefficient (Wildman–Crippen LogP) is 3.79. The molecule has 12 heavy (non-hydrogen) atoms. The van der Waals surface area contributed by atoms with Gasteiger partial charge in [-0.1, -0.05) is 30.3 Å². The molecule has 0 heterocycles. The van der Waals surface area contributed by atoms with Crippen LogP contribution in [0, 0.1) is 0 Å². The third-order valence-electron chi connectivity index (χ3n) is 1.24. The molecule has 0 amide bonds. The Bertz CT molecular complexity index is 315. The molecule has 1 aromatic rings. The van der Waals surface area contributed by atoms with Crippen LogP contribution in [0.2, 0.25) is 0 Å². The number of halogens is 2. The molecule has 1 aromatic carbocycles. The topological polar surface area (TPSA) is 17.1 Å². The maximum absolute atomic E-state index is 11.9. The van der Waals surface area contributed by atoms with E-state index in [1.807, 2.05) is 0 Å². The van der Waals surface area contributed by atoms with Gasteiger partial charge < -0.3 is 0 Å². The van der Waals surface area contributed by atoms with Crippen LogP contribution in [0.25, 0.3) is 6.08 Å². The van der Waals surface area contributed by atoms with Crippen LogP contribution in [0.5, 0.6) is 0 Å². The van der Waals surface area contributed by atoms with Gasteiger partial charge in [0.2, 0.25) is 0 Å². The van der Waals surface area contributed by atoms with Gasteiger partial charge in [0, 0.05) is 5.82 Å². The fraction of sp³-hybridized carbons (Fsp3) is 0. The summed E-state index contributed by atoms with van der Waals surface area (Å²) in [6, 6.07) is 8.54. The van der Waals surface area contributed by atoms with Crippen molar-refractivity contribution in [3.8, 4) is 0 Å². The standard InChI is InChI=1S/C8H7F2OP/c9-12(10,11)7-6-8-4-2-1-3-5-8/h1-7H/b7-6+. The molecule has 0 fully saturated rings. The van der Waals surface area contributed by atoms with E-state index in [1.165, 1.54) is 0 Å². The minimum atomic E-state index is -5.01. The van der Waals surface area contributed by atoms with Crippen LogP contribution in [0.1, 0.15) is 5.56 Å². The van der Waals surface area contributed by atoms with Gasteiger partial charge in [0.1, 0.15) is 0 Å². The predicted molar refractivity (Wildman–Crippen MR) is 45.3 cm³/mol. The zero-order chi connectivity index (χ0) is 9.03. The first-order valence-electron chi connectivity index (χ1n) is 3.31. The second-order valence-corrected chi connectivity index (χ2v) is 3.53. The normalized spacial score (nSPS) is 12.2. The molecule has 1 rings (SSSR count). The third-order valence-corrected chi connectivity index (χ3v) is 1.74. The molecule has 0 radical (unpaired) electrons. The van der Waals surface area contributed by atoms with Crippen molar-refractivity contribution in [1.29, 1.82) is 0 Å². The molecular formula is C8H7F2OP. The molecule has 4 heteroatoms. The van der Waals surface area contributed by atoms with Gasteiger partial charge in [-0.2, -0.15) is 0 Å². The maximum atomic E-state index is 11.9. The maximum Gasteiger partial charge on any atom is 0.426 e. The fourth-order valence-corrected chi connectivity index (χ4v) is 1.08. The molecular weight excluding hydrogens is 181 g/mol. The first-order valence-corrected chi connectivity index (χ1v) is 4.87. The molecule has 0 aliphatic carbocycles. The third kappa shape index (κ3) is 3.44. The molecule has 0 atom stereocenters. The van der Waals surface area contributed by atoms with Gasteiger partial charge in [-0.05, 0) is 11.6 Å². The van der Waals surface area contributed by atoms with Crippen LogP contribution in [0.15, 0.2) is 36.1 Å². The van der Waals surface area contributed by atoms with Crippen molar-refractivity contribution in [3.05, 3.63) is 41.7 Å². The van der Waals surface area contributed by atoms with Gasteiger partial charge in [0.15, 0.2) is 0 Å². The molecule has 0 bridgehead atoms. The van der Waals surface area contributed by atoms with E-state index in [0.717, 1.165) is 6.08 Å². The van der Waals surface area contributed by atoms with Crippen molar-refractivity contribution in [2.75, 3.05) is 0 Å². The SMILES string of the molecule is O=P(F)(F)/C=C/c1ccccc1. The molecule has 0 aromatic heterocycles.